The van der Waals surface area contributed by atoms with Crippen molar-refractivity contribution in [2.24, 2.45) is 0 Å². The van der Waals surface area contributed by atoms with E-state index in [1.807, 2.05) is 22.8 Å². The number of halogens is 3. The van der Waals surface area contributed by atoms with Crippen LogP contribution in [0.2, 0.25) is 0 Å². The fourth-order valence-corrected chi connectivity index (χ4v) is 4.46. The second-order valence-electron chi connectivity index (χ2n) is 5.81. The van der Waals surface area contributed by atoms with Crippen molar-refractivity contribution in [3.05, 3.63) is 48.3 Å². The smallest absolute Gasteiger partial charge is 0.406 e. The van der Waals surface area contributed by atoms with E-state index in [9.17, 15) is 17.4 Å². The first-order valence-corrected chi connectivity index (χ1v) is 10.1. The van der Waals surface area contributed by atoms with Crippen LogP contribution in [-0.4, -0.2) is 31.4 Å². The Bertz CT molecular complexity index is 1170. The maximum atomic E-state index is 12.3. The Kier molecular flexibility index (Phi) is 4.39. The van der Waals surface area contributed by atoms with E-state index in [0.717, 1.165) is 15.8 Å². The SMILES string of the molecule is CS(=O)c1nc2ccc(Cn3cnc4cc(OC(F)(F)F)ccc43)cc2s1. The number of benzene rings is 2. The molecule has 0 N–H and O–H groups in total. The molecular formula is C17H12F3N3O2S2. The van der Waals surface area contributed by atoms with Gasteiger partial charge in [0.05, 0.1) is 38.4 Å². The van der Waals surface area contributed by atoms with Gasteiger partial charge in [0.15, 0.2) is 4.34 Å². The van der Waals surface area contributed by atoms with Crippen molar-refractivity contribution in [3.63, 3.8) is 0 Å². The highest BCUT2D eigenvalue weighted by atomic mass is 32.2. The first kappa shape index (κ1) is 17.9. The summed E-state index contributed by atoms with van der Waals surface area (Å²) in [6.45, 7) is 0.494. The third-order valence-electron chi connectivity index (χ3n) is 3.86. The Morgan fingerprint density at radius 3 is 2.74 bits per heavy atom. The first-order chi connectivity index (χ1) is 12.8. The van der Waals surface area contributed by atoms with Crippen LogP contribution in [0.25, 0.3) is 21.3 Å². The molecule has 27 heavy (non-hydrogen) atoms. The Morgan fingerprint density at radius 1 is 1.19 bits per heavy atom. The molecule has 0 saturated carbocycles. The normalized spacial score (nSPS) is 13.3. The van der Waals surface area contributed by atoms with Crippen molar-refractivity contribution in [3.8, 4) is 5.75 Å². The minimum atomic E-state index is -4.73. The fourth-order valence-electron chi connectivity index (χ4n) is 2.73. The van der Waals surface area contributed by atoms with Gasteiger partial charge in [-0.05, 0) is 29.8 Å². The summed E-state index contributed by atoms with van der Waals surface area (Å²) >= 11 is 1.38. The van der Waals surface area contributed by atoms with Gasteiger partial charge >= 0.3 is 6.36 Å². The Morgan fingerprint density at radius 2 is 2.00 bits per heavy atom. The van der Waals surface area contributed by atoms with Crippen LogP contribution >= 0.6 is 11.3 Å². The van der Waals surface area contributed by atoms with E-state index in [1.165, 1.54) is 23.5 Å². The molecule has 10 heteroatoms. The number of thiazole rings is 1. The molecule has 0 radical (unpaired) electrons. The predicted molar refractivity (Wildman–Crippen MR) is 97.5 cm³/mol. The van der Waals surface area contributed by atoms with E-state index < -0.39 is 17.2 Å². The Hall–Kier alpha value is -2.46. The molecule has 0 aliphatic heterocycles. The monoisotopic (exact) mass is 411 g/mol. The first-order valence-electron chi connectivity index (χ1n) is 7.72. The average Bonchev–Trinajstić information content (AvgIpc) is 3.17. The van der Waals surface area contributed by atoms with Crippen molar-refractivity contribution in [2.45, 2.75) is 17.2 Å². The lowest BCUT2D eigenvalue weighted by molar-refractivity contribution is -0.274. The van der Waals surface area contributed by atoms with Crippen molar-refractivity contribution in [1.29, 1.82) is 0 Å². The number of nitrogens with zero attached hydrogens (tertiary/aromatic N) is 3. The van der Waals surface area contributed by atoms with Crippen LogP contribution in [0, 0.1) is 0 Å². The minimum absolute atomic E-state index is 0.300. The van der Waals surface area contributed by atoms with Crippen LogP contribution in [0.5, 0.6) is 5.75 Å². The zero-order valence-electron chi connectivity index (χ0n) is 13.9. The largest absolute Gasteiger partial charge is 0.573 e. The maximum Gasteiger partial charge on any atom is 0.573 e. The lowest BCUT2D eigenvalue weighted by Crippen LogP contribution is -2.17. The number of aromatic nitrogens is 3. The minimum Gasteiger partial charge on any atom is -0.406 e. The summed E-state index contributed by atoms with van der Waals surface area (Å²) in [7, 11) is -1.13. The quantitative estimate of drug-likeness (QED) is 0.502. The molecule has 2 aromatic heterocycles. The molecule has 4 aromatic rings. The second-order valence-corrected chi connectivity index (χ2v) is 8.39. The number of imidazole rings is 1. The number of alkyl halides is 3. The van der Waals surface area contributed by atoms with E-state index in [1.54, 1.807) is 18.6 Å². The van der Waals surface area contributed by atoms with E-state index >= 15 is 0 Å². The summed E-state index contributed by atoms with van der Waals surface area (Å²) in [5.41, 5.74) is 2.89. The van der Waals surface area contributed by atoms with Gasteiger partial charge in [-0.1, -0.05) is 6.07 Å². The Labute approximate surface area is 157 Å². The molecule has 1 atom stereocenters. The fraction of sp³-hybridized carbons (Fsp3) is 0.176. The molecule has 4 rings (SSSR count). The van der Waals surface area contributed by atoms with E-state index in [0.29, 0.717) is 21.9 Å². The van der Waals surface area contributed by atoms with Gasteiger partial charge in [-0.15, -0.1) is 24.5 Å². The zero-order chi connectivity index (χ0) is 19.2. The number of hydrogen-bond donors (Lipinski definition) is 0. The zero-order valence-corrected chi connectivity index (χ0v) is 15.5. The van der Waals surface area contributed by atoms with E-state index in [2.05, 4.69) is 14.7 Å². The molecule has 0 aliphatic carbocycles. The summed E-state index contributed by atoms with van der Waals surface area (Å²) in [6.07, 6.45) is -1.57. The molecule has 1 unspecified atom stereocenters. The molecule has 5 nitrogen and oxygen atoms in total. The van der Waals surface area contributed by atoms with Gasteiger partial charge in [0.1, 0.15) is 5.75 Å². The van der Waals surface area contributed by atoms with Crippen LogP contribution in [-0.2, 0) is 17.3 Å². The van der Waals surface area contributed by atoms with Crippen LogP contribution in [0.4, 0.5) is 13.2 Å². The molecular weight excluding hydrogens is 399 g/mol. The topological polar surface area (TPSA) is 57.0 Å². The van der Waals surface area contributed by atoms with Crippen molar-refractivity contribution in [2.75, 3.05) is 6.26 Å². The van der Waals surface area contributed by atoms with Crippen LogP contribution in [0.15, 0.2) is 47.1 Å². The predicted octanol–water partition coefficient (Wildman–Crippen LogP) is 4.33. The van der Waals surface area contributed by atoms with Gasteiger partial charge in [0.2, 0.25) is 0 Å². The third-order valence-corrected chi connectivity index (χ3v) is 6.21. The molecule has 0 saturated heterocycles. The second kappa shape index (κ2) is 6.61. The van der Waals surface area contributed by atoms with Gasteiger partial charge in [0.25, 0.3) is 0 Å². The average molecular weight is 411 g/mol. The summed E-state index contributed by atoms with van der Waals surface area (Å²) in [6, 6.07) is 9.82. The van der Waals surface area contributed by atoms with Crippen molar-refractivity contribution in [1.82, 2.24) is 14.5 Å². The lowest BCUT2D eigenvalue weighted by atomic mass is 10.2. The van der Waals surface area contributed by atoms with E-state index in [4.69, 9.17) is 0 Å². The Balaban J connectivity index is 1.63. The number of ether oxygens (including phenoxy) is 1. The van der Waals surface area contributed by atoms with Gasteiger partial charge in [0, 0.05) is 18.9 Å². The molecule has 0 amide bonds. The van der Waals surface area contributed by atoms with Crippen molar-refractivity contribution < 1.29 is 22.1 Å². The molecule has 2 aromatic carbocycles. The van der Waals surface area contributed by atoms with Gasteiger partial charge in [-0.2, -0.15) is 0 Å². The number of hydrogen-bond acceptors (Lipinski definition) is 5. The van der Waals surface area contributed by atoms with Gasteiger partial charge in [-0.25, -0.2) is 9.97 Å². The number of rotatable bonds is 4. The summed E-state index contributed by atoms with van der Waals surface area (Å²) in [5.74, 6) is -0.300. The molecule has 0 spiro atoms. The van der Waals surface area contributed by atoms with E-state index in [-0.39, 0.29) is 5.75 Å². The highest BCUT2D eigenvalue weighted by Crippen LogP contribution is 2.28. The van der Waals surface area contributed by atoms with Crippen LogP contribution in [0.3, 0.4) is 0 Å². The number of fused-ring (bicyclic) bond motifs is 2. The summed E-state index contributed by atoms with van der Waals surface area (Å²) < 4.78 is 55.9. The van der Waals surface area contributed by atoms with Gasteiger partial charge in [-0.3, -0.25) is 4.21 Å². The molecule has 140 valence electrons. The maximum absolute atomic E-state index is 12.3. The molecule has 0 fully saturated rings. The standard InChI is InChI=1S/C17H12F3N3O2S2/c1-27(24)16-22-12-4-2-10(6-15(12)26-16)8-23-9-21-13-7-11(3-5-14(13)23)25-17(18,19)20/h2-7,9H,8H2,1H3. The lowest BCUT2D eigenvalue weighted by Gasteiger charge is -2.09. The van der Waals surface area contributed by atoms with Crippen LogP contribution in [0.1, 0.15) is 5.56 Å². The van der Waals surface area contributed by atoms with Crippen LogP contribution < -0.4 is 4.74 Å². The highest BCUT2D eigenvalue weighted by Gasteiger charge is 2.31. The summed E-state index contributed by atoms with van der Waals surface area (Å²) in [4.78, 5) is 8.49. The summed E-state index contributed by atoms with van der Waals surface area (Å²) in [5, 5.41) is 0. The van der Waals surface area contributed by atoms with Crippen molar-refractivity contribution >= 4 is 43.4 Å². The molecule has 2 heterocycles. The molecule has 0 aliphatic rings. The molecule has 0 bridgehead atoms. The highest BCUT2D eigenvalue weighted by molar-refractivity contribution is 7.86. The van der Waals surface area contributed by atoms with Gasteiger partial charge < -0.3 is 9.30 Å². The third kappa shape index (κ3) is 3.81.